The molecule has 2 rings (SSSR count). The molecule has 1 aromatic heterocycles. The van der Waals surface area contributed by atoms with Gasteiger partial charge in [0.1, 0.15) is 6.10 Å². The Kier molecular flexibility index (Phi) is 2.70. The number of benzene rings is 1. The third-order valence-corrected chi connectivity index (χ3v) is 2.28. The summed E-state index contributed by atoms with van der Waals surface area (Å²) in [5, 5.41) is 20.3. The molecule has 82 valence electrons. The highest BCUT2D eigenvalue weighted by atomic mass is 16.6. The van der Waals surface area contributed by atoms with Crippen LogP contribution in [-0.4, -0.2) is 10.0 Å². The van der Waals surface area contributed by atoms with Gasteiger partial charge in [0.05, 0.1) is 17.4 Å². The van der Waals surface area contributed by atoms with Crippen molar-refractivity contribution in [1.82, 2.24) is 0 Å². The number of rotatable bonds is 3. The molecule has 0 fully saturated rings. The molecule has 5 nitrogen and oxygen atoms in total. The number of aliphatic hydroxyl groups is 1. The highest BCUT2D eigenvalue weighted by Crippen LogP contribution is 2.23. The molecule has 1 N–H and O–H groups in total. The van der Waals surface area contributed by atoms with Crippen molar-refractivity contribution >= 4 is 5.69 Å². The summed E-state index contributed by atoms with van der Waals surface area (Å²) in [5.74, 6) is 0. The summed E-state index contributed by atoms with van der Waals surface area (Å²) in [6.07, 6.45) is 2.08. The highest BCUT2D eigenvalue weighted by molar-refractivity contribution is 5.36. The third-order valence-electron chi connectivity index (χ3n) is 2.28. The number of hydrogen-bond acceptors (Lipinski definition) is 4. The van der Waals surface area contributed by atoms with E-state index in [-0.39, 0.29) is 5.69 Å². The van der Waals surface area contributed by atoms with E-state index < -0.39 is 11.0 Å². The van der Waals surface area contributed by atoms with Crippen molar-refractivity contribution in [3.8, 4) is 0 Å². The second kappa shape index (κ2) is 4.16. The normalized spacial score (nSPS) is 12.3. The zero-order valence-corrected chi connectivity index (χ0v) is 8.24. The number of nitro benzene ring substituents is 1. The minimum atomic E-state index is -0.820. The number of nitro groups is 1. The lowest BCUT2D eigenvalue weighted by Gasteiger charge is -2.07. The lowest BCUT2D eigenvalue weighted by atomic mass is 10.0. The van der Waals surface area contributed by atoms with Gasteiger partial charge in [-0.3, -0.25) is 10.1 Å². The van der Waals surface area contributed by atoms with Crippen molar-refractivity contribution in [3.63, 3.8) is 0 Å². The van der Waals surface area contributed by atoms with Crippen molar-refractivity contribution in [1.29, 1.82) is 0 Å². The summed E-state index contributed by atoms with van der Waals surface area (Å²) in [6, 6.07) is 7.41. The summed E-state index contributed by atoms with van der Waals surface area (Å²) in [4.78, 5) is 9.96. The second-order valence-corrected chi connectivity index (χ2v) is 3.31. The van der Waals surface area contributed by atoms with Crippen LogP contribution in [0.1, 0.15) is 17.2 Å². The first kappa shape index (κ1) is 10.4. The van der Waals surface area contributed by atoms with Gasteiger partial charge in [0.2, 0.25) is 0 Å². The van der Waals surface area contributed by atoms with Crippen molar-refractivity contribution in [3.05, 3.63) is 64.1 Å². The average Bonchev–Trinajstić information content (AvgIpc) is 2.81. The summed E-state index contributed by atoms with van der Waals surface area (Å²) in [6.45, 7) is 0. The van der Waals surface area contributed by atoms with Crippen molar-refractivity contribution in [2.45, 2.75) is 6.10 Å². The molecule has 0 bridgehead atoms. The number of non-ortho nitro benzene ring substituents is 1. The Hall–Kier alpha value is -2.14. The molecule has 0 radical (unpaired) electrons. The van der Waals surface area contributed by atoms with Crippen LogP contribution >= 0.6 is 0 Å². The molecule has 0 aliphatic carbocycles. The fraction of sp³-hybridized carbons (Fsp3) is 0.0909. The minimum Gasteiger partial charge on any atom is -0.472 e. The molecule has 5 heteroatoms. The molecule has 1 atom stereocenters. The molecule has 1 heterocycles. The first-order valence-corrected chi connectivity index (χ1v) is 4.63. The van der Waals surface area contributed by atoms with Crippen LogP contribution in [0.5, 0.6) is 0 Å². The first-order valence-electron chi connectivity index (χ1n) is 4.63. The van der Waals surface area contributed by atoms with E-state index >= 15 is 0 Å². The standard InChI is InChI=1S/C11H9NO4/c13-11(9-5-6-16-7-9)8-1-3-10(4-2-8)12(14)15/h1-7,11,13H. The van der Waals surface area contributed by atoms with Gasteiger partial charge < -0.3 is 9.52 Å². The van der Waals surface area contributed by atoms with Gasteiger partial charge in [-0.25, -0.2) is 0 Å². The molecule has 0 spiro atoms. The van der Waals surface area contributed by atoms with E-state index in [1.807, 2.05) is 0 Å². The SMILES string of the molecule is O=[N+]([O-])c1ccc(C(O)c2ccoc2)cc1. The molecular formula is C11H9NO4. The Morgan fingerprint density at radius 2 is 1.88 bits per heavy atom. The Labute approximate surface area is 91.1 Å². The van der Waals surface area contributed by atoms with Gasteiger partial charge in [-0.2, -0.15) is 0 Å². The fourth-order valence-corrected chi connectivity index (χ4v) is 1.40. The van der Waals surface area contributed by atoms with Crippen LogP contribution in [0.2, 0.25) is 0 Å². The first-order chi connectivity index (χ1) is 7.68. The second-order valence-electron chi connectivity index (χ2n) is 3.31. The van der Waals surface area contributed by atoms with Gasteiger partial charge in [-0.15, -0.1) is 0 Å². The van der Waals surface area contributed by atoms with E-state index in [0.29, 0.717) is 11.1 Å². The number of aliphatic hydroxyl groups excluding tert-OH is 1. The lowest BCUT2D eigenvalue weighted by molar-refractivity contribution is -0.384. The Balaban J connectivity index is 2.25. The van der Waals surface area contributed by atoms with Gasteiger partial charge in [-0.1, -0.05) is 0 Å². The number of hydrogen-bond donors (Lipinski definition) is 1. The van der Waals surface area contributed by atoms with Gasteiger partial charge in [-0.05, 0) is 23.8 Å². The molecule has 1 unspecified atom stereocenters. The van der Waals surface area contributed by atoms with Gasteiger partial charge in [0.25, 0.3) is 5.69 Å². The predicted octanol–water partition coefficient (Wildman–Crippen LogP) is 2.27. The van der Waals surface area contributed by atoms with E-state index in [1.54, 1.807) is 6.07 Å². The molecule has 0 aliphatic heterocycles. The van der Waals surface area contributed by atoms with Crippen LogP contribution in [0.15, 0.2) is 47.3 Å². The van der Waals surface area contributed by atoms with Crippen LogP contribution in [0.4, 0.5) is 5.69 Å². The van der Waals surface area contributed by atoms with E-state index in [2.05, 4.69) is 0 Å². The topological polar surface area (TPSA) is 76.5 Å². The molecular weight excluding hydrogens is 210 g/mol. The van der Waals surface area contributed by atoms with E-state index in [0.717, 1.165) is 0 Å². The molecule has 1 aromatic carbocycles. The van der Waals surface area contributed by atoms with Crippen LogP contribution in [0, 0.1) is 10.1 Å². The zero-order chi connectivity index (χ0) is 11.5. The van der Waals surface area contributed by atoms with Crippen LogP contribution in [0.25, 0.3) is 0 Å². The summed E-state index contributed by atoms with van der Waals surface area (Å²) >= 11 is 0. The van der Waals surface area contributed by atoms with Crippen molar-refractivity contribution in [2.75, 3.05) is 0 Å². The number of furan rings is 1. The zero-order valence-electron chi connectivity index (χ0n) is 8.24. The molecule has 0 amide bonds. The quantitative estimate of drug-likeness (QED) is 0.634. The van der Waals surface area contributed by atoms with E-state index in [4.69, 9.17) is 4.42 Å². The maximum Gasteiger partial charge on any atom is 0.269 e. The maximum absolute atomic E-state index is 10.4. The summed E-state index contributed by atoms with van der Waals surface area (Å²) in [7, 11) is 0. The Bertz CT molecular complexity index is 475. The molecule has 0 saturated carbocycles. The Morgan fingerprint density at radius 1 is 1.19 bits per heavy atom. The summed E-state index contributed by atoms with van der Waals surface area (Å²) in [5.41, 5.74) is 1.21. The van der Waals surface area contributed by atoms with Gasteiger partial charge in [0.15, 0.2) is 0 Å². The van der Waals surface area contributed by atoms with Crippen LogP contribution < -0.4 is 0 Å². The highest BCUT2D eigenvalue weighted by Gasteiger charge is 2.13. The van der Waals surface area contributed by atoms with Gasteiger partial charge >= 0.3 is 0 Å². The van der Waals surface area contributed by atoms with E-state index in [9.17, 15) is 15.2 Å². The minimum absolute atomic E-state index is 0.00291. The summed E-state index contributed by atoms with van der Waals surface area (Å²) < 4.78 is 4.85. The molecule has 0 aliphatic rings. The lowest BCUT2D eigenvalue weighted by Crippen LogP contribution is -1.98. The fourth-order valence-electron chi connectivity index (χ4n) is 1.40. The largest absolute Gasteiger partial charge is 0.472 e. The number of nitrogens with zero attached hydrogens (tertiary/aromatic N) is 1. The van der Waals surface area contributed by atoms with Crippen LogP contribution in [0.3, 0.4) is 0 Å². The Morgan fingerprint density at radius 3 is 2.38 bits per heavy atom. The van der Waals surface area contributed by atoms with Crippen LogP contribution in [-0.2, 0) is 0 Å². The average molecular weight is 219 g/mol. The monoisotopic (exact) mass is 219 g/mol. The van der Waals surface area contributed by atoms with Crippen molar-refractivity contribution in [2.24, 2.45) is 0 Å². The van der Waals surface area contributed by atoms with Crippen molar-refractivity contribution < 1.29 is 14.4 Å². The smallest absolute Gasteiger partial charge is 0.269 e. The third kappa shape index (κ3) is 1.94. The molecule has 16 heavy (non-hydrogen) atoms. The maximum atomic E-state index is 10.4. The molecule has 2 aromatic rings. The molecule has 0 saturated heterocycles. The predicted molar refractivity (Wildman–Crippen MR) is 55.9 cm³/mol. The van der Waals surface area contributed by atoms with E-state index in [1.165, 1.54) is 36.8 Å². The van der Waals surface area contributed by atoms with Gasteiger partial charge in [0, 0.05) is 17.7 Å².